The molecule has 1 aliphatic rings. The Morgan fingerprint density at radius 1 is 1.13 bits per heavy atom. The predicted octanol–water partition coefficient (Wildman–Crippen LogP) is 4.25. The van der Waals surface area contributed by atoms with Gasteiger partial charge in [0.1, 0.15) is 5.75 Å². The number of nitrogens with zero attached hydrogens (tertiary/aromatic N) is 2. The molecule has 9 heteroatoms. The molecule has 2 heterocycles. The minimum Gasteiger partial charge on any atom is -0.481 e. The number of benzene rings is 2. The number of nitrogens with one attached hydrogen (secondary N) is 1. The summed E-state index contributed by atoms with van der Waals surface area (Å²) in [4.78, 5) is 18.5. The first-order valence-electron chi connectivity index (χ1n) is 9.94. The Morgan fingerprint density at radius 3 is 2.45 bits per heavy atom. The third-order valence-corrected chi connectivity index (χ3v) is 7.27. The monoisotopic (exact) mass is 457 g/mol. The van der Waals surface area contributed by atoms with Gasteiger partial charge in [0.15, 0.2) is 11.2 Å². The van der Waals surface area contributed by atoms with E-state index >= 15 is 0 Å². The summed E-state index contributed by atoms with van der Waals surface area (Å²) in [5, 5.41) is 2.00. The topological polar surface area (TPSA) is 88.6 Å². The molecular weight excluding hydrogens is 434 g/mol. The lowest BCUT2D eigenvalue weighted by molar-refractivity contribution is -0.122. The molecule has 4 rings (SSSR count). The number of carbonyl (C=O) groups is 1. The lowest BCUT2D eigenvalue weighted by atomic mass is 10.0. The number of thiazole rings is 1. The Labute approximate surface area is 185 Å². The van der Waals surface area contributed by atoms with Crippen LogP contribution >= 0.6 is 11.3 Å². The molecule has 162 valence electrons. The molecule has 1 saturated heterocycles. The highest BCUT2D eigenvalue weighted by Crippen LogP contribution is 2.27. The van der Waals surface area contributed by atoms with Gasteiger partial charge in [-0.05, 0) is 47.9 Å². The number of aromatic nitrogens is 1. The van der Waals surface area contributed by atoms with E-state index in [-0.39, 0.29) is 10.8 Å². The first kappa shape index (κ1) is 21.3. The van der Waals surface area contributed by atoms with Gasteiger partial charge in [-0.1, -0.05) is 26.0 Å². The van der Waals surface area contributed by atoms with E-state index in [9.17, 15) is 13.2 Å². The lowest BCUT2D eigenvalue weighted by Gasteiger charge is -2.18. The fourth-order valence-electron chi connectivity index (χ4n) is 3.37. The van der Waals surface area contributed by atoms with Crippen molar-refractivity contribution in [1.29, 1.82) is 0 Å². The maximum atomic E-state index is 12.8. The Hall–Kier alpha value is -2.91. The Kier molecular flexibility index (Phi) is 5.97. The second-order valence-electron chi connectivity index (χ2n) is 7.55. The summed E-state index contributed by atoms with van der Waals surface area (Å²) >= 11 is 1.20. The van der Waals surface area contributed by atoms with Gasteiger partial charge < -0.3 is 9.64 Å². The fourth-order valence-corrected chi connectivity index (χ4v) is 5.16. The molecule has 1 atom stereocenters. The van der Waals surface area contributed by atoms with Crippen molar-refractivity contribution in [1.82, 2.24) is 4.98 Å². The number of rotatable bonds is 7. The first-order valence-corrected chi connectivity index (χ1v) is 12.3. The van der Waals surface area contributed by atoms with Crippen LogP contribution in [0.25, 0.3) is 0 Å². The van der Waals surface area contributed by atoms with Gasteiger partial charge in [-0.25, -0.2) is 13.4 Å². The molecule has 0 aliphatic carbocycles. The van der Waals surface area contributed by atoms with Gasteiger partial charge >= 0.3 is 0 Å². The van der Waals surface area contributed by atoms with Crippen molar-refractivity contribution in [3.05, 3.63) is 65.7 Å². The van der Waals surface area contributed by atoms with Crippen LogP contribution in [0.3, 0.4) is 0 Å². The Balaban J connectivity index is 1.42. The normalized spacial score (nSPS) is 16.7. The van der Waals surface area contributed by atoms with Crippen molar-refractivity contribution in [3.8, 4) is 5.75 Å². The van der Waals surface area contributed by atoms with E-state index in [1.54, 1.807) is 22.4 Å². The summed E-state index contributed by atoms with van der Waals surface area (Å²) in [5.74, 6) is 0.963. The van der Waals surface area contributed by atoms with Crippen LogP contribution in [0.4, 0.5) is 10.8 Å². The van der Waals surface area contributed by atoms with Gasteiger partial charge in [-0.15, -0.1) is 11.3 Å². The minimum atomic E-state index is -3.73. The molecule has 7 nitrogen and oxygen atoms in total. The second-order valence-corrected chi connectivity index (χ2v) is 10.1. The van der Waals surface area contributed by atoms with Crippen molar-refractivity contribution < 1.29 is 17.9 Å². The van der Waals surface area contributed by atoms with Crippen molar-refractivity contribution in [2.45, 2.75) is 37.2 Å². The smallest absolute Gasteiger partial charge is 0.268 e. The van der Waals surface area contributed by atoms with Gasteiger partial charge in [-0.2, -0.15) is 0 Å². The standard InChI is InChI=1S/C22H23N3O4S2/c1-15(2)16-3-7-18(8-4-16)29-20-11-13-25(21(20)26)17-5-9-19(10-6-17)31(27,28)24-22-23-12-14-30-22/h3-10,12,14-15,20H,11,13H2,1-2H3,(H,23,24). The highest BCUT2D eigenvalue weighted by molar-refractivity contribution is 7.93. The van der Waals surface area contributed by atoms with Crippen LogP contribution in [0.1, 0.15) is 31.7 Å². The van der Waals surface area contributed by atoms with E-state index in [0.29, 0.717) is 35.5 Å². The lowest BCUT2D eigenvalue weighted by Crippen LogP contribution is -2.32. The van der Waals surface area contributed by atoms with Crippen LogP contribution < -0.4 is 14.4 Å². The second kappa shape index (κ2) is 8.68. The summed E-state index contributed by atoms with van der Waals surface area (Å²) in [5.41, 5.74) is 1.85. The zero-order valence-electron chi connectivity index (χ0n) is 17.2. The minimum absolute atomic E-state index is 0.108. The number of ether oxygens (including phenoxy) is 1. The van der Waals surface area contributed by atoms with Gasteiger partial charge in [-0.3, -0.25) is 9.52 Å². The van der Waals surface area contributed by atoms with Crippen molar-refractivity contribution in [2.75, 3.05) is 16.2 Å². The van der Waals surface area contributed by atoms with Gasteiger partial charge in [0.25, 0.3) is 15.9 Å². The molecular formula is C22H23N3O4S2. The number of hydrogen-bond donors (Lipinski definition) is 1. The zero-order chi connectivity index (χ0) is 22.0. The van der Waals surface area contributed by atoms with E-state index in [1.807, 2.05) is 24.3 Å². The van der Waals surface area contributed by atoms with Crippen molar-refractivity contribution >= 4 is 38.1 Å². The maximum absolute atomic E-state index is 12.8. The van der Waals surface area contributed by atoms with E-state index in [0.717, 1.165) is 0 Å². The van der Waals surface area contributed by atoms with Crippen LogP contribution in [0, 0.1) is 0 Å². The molecule has 1 N–H and O–H groups in total. The van der Waals surface area contributed by atoms with E-state index < -0.39 is 16.1 Å². The van der Waals surface area contributed by atoms with Crippen molar-refractivity contribution in [3.63, 3.8) is 0 Å². The van der Waals surface area contributed by atoms with Gasteiger partial charge in [0, 0.05) is 30.2 Å². The Morgan fingerprint density at radius 2 is 1.84 bits per heavy atom. The van der Waals surface area contributed by atoms with Crippen LogP contribution in [0.5, 0.6) is 5.75 Å². The summed E-state index contributed by atoms with van der Waals surface area (Å²) in [6.07, 6.45) is 1.54. The molecule has 31 heavy (non-hydrogen) atoms. The molecule has 2 aromatic carbocycles. The van der Waals surface area contributed by atoms with Crippen LogP contribution in [-0.2, 0) is 14.8 Å². The summed E-state index contributed by atoms with van der Waals surface area (Å²) < 4.78 is 33.3. The third-order valence-electron chi connectivity index (χ3n) is 5.09. The highest BCUT2D eigenvalue weighted by atomic mass is 32.2. The average Bonchev–Trinajstić information content (AvgIpc) is 3.38. The molecule has 0 spiro atoms. The van der Waals surface area contributed by atoms with E-state index in [1.165, 1.54) is 35.2 Å². The molecule has 1 aliphatic heterocycles. The summed E-state index contributed by atoms with van der Waals surface area (Å²) in [6, 6.07) is 14.0. The largest absolute Gasteiger partial charge is 0.481 e. The summed E-state index contributed by atoms with van der Waals surface area (Å²) in [7, 11) is -3.73. The van der Waals surface area contributed by atoms with Crippen LogP contribution in [0.15, 0.2) is 65.0 Å². The molecule has 0 bridgehead atoms. The third kappa shape index (κ3) is 4.72. The molecule has 1 unspecified atom stereocenters. The Bertz CT molecular complexity index is 1140. The van der Waals surface area contributed by atoms with Crippen molar-refractivity contribution in [2.24, 2.45) is 0 Å². The number of amides is 1. The molecule has 0 saturated carbocycles. The van der Waals surface area contributed by atoms with Crippen LogP contribution in [0.2, 0.25) is 0 Å². The zero-order valence-corrected chi connectivity index (χ0v) is 18.8. The summed E-state index contributed by atoms with van der Waals surface area (Å²) in [6.45, 7) is 4.76. The molecule has 1 aromatic heterocycles. The van der Waals surface area contributed by atoms with Crippen LogP contribution in [-0.4, -0.2) is 32.0 Å². The van der Waals surface area contributed by atoms with E-state index in [4.69, 9.17) is 4.74 Å². The number of hydrogen-bond acceptors (Lipinski definition) is 6. The SMILES string of the molecule is CC(C)c1ccc(OC2CCN(c3ccc(S(=O)(=O)Nc4nccs4)cc3)C2=O)cc1. The molecule has 1 fully saturated rings. The van der Waals surface area contributed by atoms with Gasteiger partial charge in [0.05, 0.1) is 4.90 Å². The molecule has 3 aromatic rings. The predicted molar refractivity (Wildman–Crippen MR) is 121 cm³/mol. The first-order chi connectivity index (χ1) is 14.8. The highest BCUT2D eigenvalue weighted by Gasteiger charge is 2.34. The fraction of sp³-hybridized carbons (Fsp3) is 0.273. The average molecular weight is 458 g/mol. The molecule has 0 radical (unpaired) electrons. The maximum Gasteiger partial charge on any atom is 0.268 e. The molecule has 1 amide bonds. The number of carbonyl (C=O) groups excluding carboxylic acids is 1. The number of anilines is 2. The number of sulfonamides is 1. The van der Waals surface area contributed by atoms with Gasteiger partial charge in [0.2, 0.25) is 0 Å². The van der Waals surface area contributed by atoms with E-state index in [2.05, 4.69) is 23.6 Å². The quantitative estimate of drug-likeness (QED) is 0.573.